The first-order valence-corrected chi connectivity index (χ1v) is 6.87. The van der Waals surface area contributed by atoms with E-state index in [1.54, 1.807) is 6.08 Å². The lowest BCUT2D eigenvalue weighted by Crippen LogP contribution is -2.37. The largest absolute Gasteiger partial charge is 0.527 e. The standard InChI is InChI=1S/C10H22NO4P/c1-5-6-7-9-14-16(12,13)15-10-8-11(2,3)4/h7,9H,5-6,8,10H2,1-4H3/p+1. The highest BCUT2D eigenvalue weighted by molar-refractivity contribution is 7.47. The summed E-state index contributed by atoms with van der Waals surface area (Å²) >= 11 is 0. The molecular formula is C10H23NO4P+. The van der Waals surface area contributed by atoms with Crippen molar-refractivity contribution in [3.63, 3.8) is 0 Å². The molecule has 16 heavy (non-hydrogen) atoms. The molecule has 1 N–H and O–H groups in total. The third kappa shape index (κ3) is 10.2. The molecule has 0 aliphatic heterocycles. The minimum atomic E-state index is -3.92. The van der Waals surface area contributed by atoms with Crippen molar-refractivity contribution in [1.82, 2.24) is 0 Å². The van der Waals surface area contributed by atoms with Crippen molar-refractivity contribution in [2.75, 3.05) is 34.3 Å². The summed E-state index contributed by atoms with van der Waals surface area (Å²) in [5, 5.41) is 0. The Morgan fingerprint density at radius 2 is 2.00 bits per heavy atom. The van der Waals surface area contributed by atoms with Crippen LogP contribution in [0.5, 0.6) is 0 Å². The van der Waals surface area contributed by atoms with Crippen molar-refractivity contribution in [2.45, 2.75) is 19.8 Å². The van der Waals surface area contributed by atoms with Crippen molar-refractivity contribution >= 4 is 7.82 Å². The second kappa shape index (κ2) is 7.07. The molecule has 0 fully saturated rings. The fourth-order valence-electron chi connectivity index (χ4n) is 0.815. The Morgan fingerprint density at radius 3 is 2.50 bits per heavy atom. The fraction of sp³-hybridized carbons (Fsp3) is 0.800. The van der Waals surface area contributed by atoms with Gasteiger partial charge < -0.3 is 9.01 Å². The molecule has 0 aliphatic carbocycles. The Hall–Kier alpha value is -0.350. The second-order valence-corrected chi connectivity index (χ2v) is 5.99. The predicted octanol–water partition coefficient (Wildman–Crippen LogP) is 2.14. The van der Waals surface area contributed by atoms with Crippen LogP contribution in [0.4, 0.5) is 0 Å². The Balaban J connectivity index is 3.83. The summed E-state index contributed by atoms with van der Waals surface area (Å²) in [7, 11) is 2.02. The molecule has 6 heteroatoms. The van der Waals surface area contributed by atoms with Crippen LogP contribution in [0, 0.1) is 0 Å². The molecule has 0 aromatic heterocycles. The van der Waals surface area contributed by atoms with Crippen LogP contribution in [-0.4, -0.2) is 43.7 Å². The van der Waals surface area contributed by atoms with E-state index in [-0.39, 0.29) is 6.61 Å². The van der Waals surface area contributed by atoms with E-state index in [0.717, 1.165) is 12.8 Å². The van der Waals surface area contributed by atoms with E-state index in [2.05, 4.69) is 4.52 Å². The molecule has 0 spiro atoms. The van der Waals surface area contributed by atoms with Gasteiger partial charge in [-0.05, 0) is 12.5 Å². The quantitative estimate of drug-likeness (QED) is 0.408. The SMILES string of the molecule is CCCC=COP(=O)(O)OCC[N+](C)(C)C. The lowest BCUT2D eigenvalue weighted by molar-refractivity contribution is -0.870. The van der Waals surface area contributed by atoms with Crippen molar-refractivity contribution in [2.24, 2.45) is 0 Å². The molecule has 0 aromatic carbocycles. The lowest BCUT2D eigenvalue weighted by atomic mass is 10.3. The minimum absolute atomic E-state index is 0.193. The Labute approximate surface area is 97.9 Å². The van der Waals surface area contributed by atoms with Crippen molar-refractivity contribution in [3.05, 3.63) is 12.3 Å². The van der Waals surface area contributed by atoms with E-state index in [9.17, 15) is 9.46 Å². The van der Waals surface area contributed by atoms with Gasteiger partial charge in [0.2, 0.25) is 0 Å². The van der Waals surface area contributed by atoms with Crippen LogP contribution < -0.4 is 0 Å². The van der Waals surface area contributed by atoms with Crippen LogP contribution in [0.25, 0.3) is 0 Å². The minimum Gasteiger partial charge on any atom is -0.412 e. The van der Waals surface area contributed by atoms with E-state index in [4.69, 9.17) is 4.52 Å². The van der Waals surface area contributed by atoms with Crippen LogP contribution in [0.15, 0.2) is 12.3 Å². The van der Waals surface area contributed by atoms with Gasteiger partial charge in [-0.15, -0.1) is 0 Å². The Kier molecular flexibility index (Phi) is 6.91. The van der Waals surface area contributed by atoms with E-state index >= 15 is 0 Å². The number of quaternary nitrogens is 1. The van der Waals surface area contributed by atoms with Gasteiger partial charge in [0.25, 0.3) is 0 Å². The summed E-state index contributed by atoms with van der Waals surface area (Å²) in [6, 6.07) is 0. The second-order valence-electron chi connectivity index (χ2n) is 4.58. The first-order valence-electron chi connectivity index (χ1n) is 5.38. The maximum absolute atomic E-state index is 11.3. The molecule has 96 valence electrons. The molecule has 0 aliphatic rings. The molecule has 5 nitrogen and oxygen atoms in total. The maximum atomic E-state index is 11.3. The predicted molar refractivity (Wildman–Crippen MR) is 63.8 cm³/mol. The summed E-state index contributed by atoms with van der Waals surface area (Å²) in [6.45, 7) is 2.85. The molecule has 0 radical (unpaired) electrons. The number of rotatable bonds is 8. The van der Waals surface area contributed by atoms with E-state index in [1.807, 2.05) is 28.1 Å². The van der Waals surface area contributed by atoms with Gasteiger partial charge >= 0.3 is 7.82 Å². The van der Waals surface area contributed by atoms with Crippen LogP contribution in [0.3, 0.4) is 0 Å². The van der Waals surface area contributed by atoms with Gasteiger partial charge in [-0.3, -0.25) is 9.42 Å². The Bertz CT molecular complexity index is 260. The average molecular weight is 252 g/mol. The van der Waals surface area contributed by atoms with Crippen molar-refractivity contribution < 1.29 is 23.0 Å². The molecular weight excluding hydrogens is 229 g/mol. The number of hydrogen-bond acceptors (Lipinski definition) is 3. The van der Waals surface area contributed by atoms with Gasteiger partial charge in [0, 0.05) is 0 Å². The van der Waals surface area contributed by atoms with Gasteiger partial charge in [-0.2, -0.15) is 0 Å². The van der Waals surface area contributed by atoms with E-state index in [1.165, 1.54) is 6.26 Å². The van der Waals surface area contributed by atoms with E-state index in [0.29, 0.717) is 11.0 Å². The summed E-state index contributed by atoms with van der Waals surface area (Å²) in [5.74, 6) is 0. The number of phosphoric acid groups is 1. The molecule has 1 atom stereocenters. The molecule has 0 rings (SSSR count). The van der Waals surface area contributed by atoms with Gasteiger partial charge in [-0.1, -0.05) is 13.3 Å². The molecule has 0 heterocycles. The molecule has 0 saturated heterocycles. The van der Waals surface area contributed by atoms with Crippen molar-refractivity contribution in [1.29, 1.82) is 0 Å². The zero-order chi connectivity index (χ0) is 12.7. The maximum Gasteiger partial charge on any atom is 0.527 e. The van der Waals surface area contributed by atoms with Crippen LogP contribution in [0.2, 0.25) is 0 Å². The van der Waals surface area contributed by atoms with Gasteiger partial charge in [-0.25, -0.2) is 4.57 Å². The normalized spacial score (nSPS) is 16.3. The van der Waals surface area contributed by atoms with Crippen LogP contribution >= 0.6 is 7.82 Å². The van der Waals surface area contributed by atoms with Gasteiger partial charge in [0.15, 0.2) is 0 Å². The third-order valence-corrected chi connectivity index (χ3v) is 2.66. The first kappa shape index (κ1) is 15.7. The number of unbranched alkanes of at least 4 members (excludes halogenated alkanes) is 1. The summed E-state index contributed by atoms with van der Waals surface area (Å²) in [4.78, 5) is 9.26. The smallest absolute Gasteiger partial charge is 0.412 e. The highest BCUT2D eigenvalue weighted by Crippen LogP contribution is 2.43. The van der Waals surface area contributed by atoms with Gasteiger partial charge in [0.05, 0.1) is 27.4 Å². The van der Waals surface area contributed by atoms with Crippen molar-refractivity contribution in [3.8, 4) is 0 Å². The van der Waals surface area contributed by atoms with E-state index < -0.39 is 7.82 Å². The first-order chi connectivity index (χ1) is 7.27. The third-order valence-electron chi connectivity index (χ3n) is 1.76. The highest BCUT2D eigenvalue weighted by Gasteiger charge is 2.21. The molecule has 0 amide bonds. The fourth-order valence-corrected chi connectivity index (χ4v) is 1.43. The number of phosphoric ester groups is 1. The summed E-state index contributed by atoms with van der Waals surface area (Å²) in [6.07, 6.45) is 4.72. The summed E-state index contributed by atoms with van der Waals surface area (Å²) < 4.78 is 21.4. The lowest BCUT2D eigenvalue weighted by Gasteiger charge is -2.23. The zero-order valence-electron chi connectivity index (χ0n) is 10.5. The Morgan fingerprint density at radius 1 is 1.38 bits per heavy atom. The number of hydrogen-bond donors (Lipinski definition) is 1. The molecule has 0 bridgehead atoms. The van der Waals surface area contributed by atoms with Gasteiger partial charge in [0.1, 0.15) is 13.2 Å². The number of likely N-dealkylation sites (N-methyl/N-ethyl adjacent to an activating group) is 1. The highest BCUT2D eigenvalue weighted by atomic mass is 31.2. The molecule has 0 aromatic rings. The number of allylic oxidation sites excluding steroid dienone is 1. The average Bonchev–Trinajstić information content (AvgIpc) is 2.10. The number of nitrogens with zero attached hydrogens (tertiary/aromatic N) is 1. The molecule has 0 saturated carbocycles. The topological polar surface area (TPSA) is 55.8 Å². The van der Waals surface area contributed by atoms with Crippen LogP contribution in [-0.2, 0) is 13.6 Å². The molecule has 1 unspecified atom stereocenters. The monoisotopic (exact) mass is 252 g/mol. The van der Waals surface area contributed by atoms with Crippen LogP contribution in [0.1, 0.15) is 19.8 Å². The zero-order valence-corrected chi connectivity index (χ0v) is 11.4. The summed E-state index contributed by atoms with van der Waals surface area (Å²) in [5.41, 5.74) is 0.